The zero-order chi connectivity index (χ0) is 20.9. The number of nitrogens with one attached hydrogen (secondary N) is 1. The summed E-state index contributed by atoms with van der Waals surface area (Å²) >= 11 is 1.58. The summed E-state index contributed by atoms with van der Waals surface area (Å²) in [4.78, 5) is 8.81. The Morgan fingerprint density at radius 2 is 2.00 bits per heavy atom. The molecule has 0 spiro atoms. The third-order valence-corrected chi connectivity index (χ3v) is 6.27. The Hall–Kier alpha value is -1.71. The molecular weight excluding hydrogens is 388 g/mol. The number of aryl methyl sites for hydroxylation is 2. The van der Waals surface area contributed by atoms with Gasteiger partial charge in [-0.2, -0.15) is 0 Å². The maximum Gasteiger partial charge on any atom is 0.235 e. The minimum absolute atomic E-state index is 0.110. The lowest BCUT2D eigenvalue weighted by Gasteiger charge is -2.23. The van der Waals surface area contributed by atoms with E-state index in [1.54, 1.807) is 38.6 Å². The van der Waals surface area contributed by atoms with Gasteiger partial charge >= 0.3 is 0 Å². The lowest BCUT2D eigenvalue weighted by atomic mass is 10.2. The Balaban J connectivity index is 1.66. The van der Waals surface area contributed by atoms with Gasteiger partial charge in [-0.05, 0) is 58.4 Å². The summed E-state index contributed by atoms with van der Waals surface area (Å²) in [7, 11) is 3.44. The van der Waals surface area contributed by atoms with Crippen LogP contribution in [0.2, 0.25) is 0 Å². The monoisotopic (exact) mass is 420 g/mol. The van der Waals surface area contributed by atoms with Crippen molar-refractivity contribution in [3.63, 3.8) is 0 Å². The Morgan fingerprint density at radius 1 is 1.21 bits per heavy atom. The number of ether oxygens (including phenoxy) is 2. The van der Waals surface area contributed by atoms with Gasteiger partial charge in [-0.1, -0.05) is 0 Å². The van der Waals surface area contributed by atoms with Gasteiger partial charge in [-0.15, -0.1) is 10.2 Å². The van der Waals surface area contributed by atoms with Crippen LogP contribution in [0.1, 0.15) is 62.8 Å². The lowest BCUT2D eigenvalue weighted by Crippen LogP contribution is -2.21. The van der Waals surface area contributed by atoms with E-state index in [9.17, 15) is 0 Å². The standard InChI is InChI=1S/C20H32N6O2S/c1-14-12-22-16(13-21-14)18(28-5)15(2)29-25-19-24-23-17(8-6-7-11-27-4)26(19)20(3)9-10-20/h12-13,15,18H,6-11H2,1-5H3,(H,24,25). The molecule has 1 N–H and O–H groups in total. The van der Waals surface area contributed by atoms with Gasteiger partial charge in [0, 0.05) is 39.0 Å². The maximum absolute atomic E-state index is 5.70. The van der Waals surface area contributed by atoms with E-state index in [0.29, 0.717) is 0 Å². The average molecular weight is 421 g/mol. The largest absolute Gasteiger partial charge is 0.385 e. The van der Waals surface area contributed by atoms with Crippen LogP contribution in [0.3, 0.4) is 0 Å². The number of unbranched alkanes of at least 4 members (excludes halogenated alkanes) is 1. The van der Waals surface area contributed by atoms with Crippen molar-refractivity contribution in [3.8, 4) is 0 Å². The van der Waals surface area contributed by atoms with Crippen molar-refractivity contribution in [2.45, 2.75) is 69.8 Å². The van der Waals surface area contributed by atoms with Gasteiger partial charge in [0.05, 0.1) is 22.8 Å². The molecule has 0 aromatic carbocycles. The van der Waals surface area contributed by atoms with Crippen LogP contribution in [0.4, 0.5) is 5.95 Å². The fourth-order valence-corrected chi connectivity index (χ4v) is 4.15. The third kappa shape index (κ3) is 5.46. The Kier molecular flexibility index (Phi) is 7.48. The van der Waals surface area contributed by atoms with Crippen LogP contribution >= 0.6 is 11.9 Å². The quantitative estimate of drug-likeness (QED) is 0.411. The van der Waals surface area contributed by atoms with Gasteiger partial charge in [0.25, 0.3) is 0 Å². The molecule has 2 atom stereocenters. The summed E-state index contributed by atoms with van der Waals surface area (Å²) in [5.41, 5.74) is 1.84. The molecule has 160 valence electrons. The highest BCUT2D eigenvalue weighted by Crippen LogP contribution is 2.46. The number of rotatable bonds is 12. The first kappa shape index (κ1) is 22.0. The first-order valence-corrected chi connectivity index (χ1v) is 11.0. The number of anilines is 1. The molecule has 1 fully saturated rings. The normalized spacial score (nSPS) is 17.1. The van der Waals surface area contributed by atoms with E-state index < -0.39 is 0 Å². The number of methoxy groups -OCH3 is 2. The molecule has 1 aliphatic rings. The van der Waals surface area contributed by atoms with Crippen molar-refractivity contribution in [2.75, 3.05) is 25.5 Å². The fraction of sp³-hybridized carbons (Fsp3) is 0.700. The summed E-state index contributed by atoms with van der Waals surface area (Å²) in [5.74, 6) is 1.86. The first-order chi connectivity index (χ1) is 14.0. The molecule has 29 heavy (non-hydrogen) atoms. The van der Waals surface area contributed by atoms with E-state index in [1.807, 2.05) is 6.92 Å². The van der Waals surface area contributed by atoms with Crippen molar-refractivity contribution in [2.24, 2.45) is 0 Å². The van der Waals surface area contributed by atoms with Crippen LogP contribution in [-0.4, -0.2) is 50.8 Å². The minimum atomic E-state index is -0.165. The van der Waals surface area contributed by atoms with Crippen LogP contribution in [0.25, 0.3) is 0 Å². The van der Waals surface area contributed by atoms with Gasteiger partial charge in [0.2, 0.25) is 5.95 Å². The predicted octanol–water partition coefficient (Wildman–Crippen LogP) is 3.69. The lowest BCUT2D eigenvalue weighted by molar-refractivity contribution is 0.101. The number of hydrogen-bond donors (Lipinski definition) is 1. The second-order valence-electron chi connectivity index (χ2n) is 7.89. The van der Waals surface area contributed by atoms with E-state index >= 15 is 0 Å². The maximum atomic E-state index is 5.70. The summed E-state index contributed by atoms with van der Waals surface area (Å²) < 4.78 is 16.6. The van der Waals surface area contributed by atoms with Crippen molar-refractivity contribution >= 4 is 17.9 Å². The van der Waals surface area contributed by atoms with E-state index in [-0.39, 0.29) is 16.9 Å². The number of hydrogen-bond acceptors (Lipinski definition) is 8. The van der Waals surface area contributed by atoms with Crippen molar-refractivity contribution < 1.29 is 9.47 Å². The molecule has 1 aliphatic carbocycles. The highest BCUT2D eigenvalue weighted by atomic mass is 32.2. The smallest absolute Gasteiger partial charge is 0.235 e. The Labute approximate surface area is 177 Å². The Bertz CT molecular complexity index is 778. The van der Waals surface area contributed by atoms with Crippen molar-refractivity contribution in [1.29, 1.82) is 0 Å². The zero-order valence-electron chi connectivity index (χ0n) is 18.0. The van der Waals surface area contributed by atoms with Gasteiger partial charge in [0.15, 0.2) is 0 Å². The minimum Gasteiger partial charge on any atom is -0.385 e. The van der Waals surface area contributed by atoms with E-state index in [2.05, 4.69) is 43.3 Å². The van der Waals surface area contributed by atoms with E-state index in [4.69, 9.17) is 9.47 Å². The highest BCUT2D eigenvalue weighted by molar-refractivity contribution is 8.01. The summed E-state index contributed by atoms with van der Waals surface area (Å²) in [6, 6.07) is 0. The summed E-state index contributed by atoms with van der Waals surface area (Å²) in [6.07, 6.45) is 8.69. The van der Waals surface area contributed by atoms with Gasteiger partial charge in [-0.25, -0.2) is 0 Å². The molecule has 9 heteroatoms. The van der Waals surface area contributed by atoms with Crippen LogP contribution in [0.5, 0.6) is 0 Å². The molecule has 0 aliphatic heterocycles. The number of aromatic nitrogens is 5. The van der Waals surface area contributed by atoms with Crippen LogP contribution in [0, 0.1) is 6.92 Å². The average Bonchev–Trinajstić information content (AvgIpc) is 3.32. The third-order valence-electron chi connectivity index (χ3n) is 5.35. The molecule has 2 unspecified atom stereocenters. The van der Waals surface area contributed by atoms with Crippen LogP contribution < -0.4 is 4.72 Å². The molecule has 2 heterocycles. The predicted molar refractivity (Wildman–Crippen MR) is 115 cm³/mol. The Morgan fingerprint density at radius 3 is 2.62 bits per heavy atom. The molecule has 2 aromatic heterocycles. The topological polar surface area (TPSA) is 87.0 Å². The molecule has 0 bridgehead atoms. The second-order valence-corrected chi connectivity index (χ2v) is 9.07. The van der Waals surface area contributed by atoms with E-state index in [1.165, 1.54) is 0 Å². The first-order valence-electron chi connectivity index (χ1n) is 10.1. The molecular formula is C20H32N6O2S. The highest BCUT2D eigenvalue weighted by Gasteiger charge is 2.43. The number of nitrogens with zero attached hydrogens (tertiary/aromatic N) is 5. The molecule has 3 rings (SSSR count). The van der Waals surface area contributed by atoms with Gasteiger partial charge in [0.1, 0.15) is 11.9 Å². The summed E-state index contributed by atoms with van der Waals surface area (Å²) in [6.45, 7) is 7.09. The van der Waals surface area contributed by atoms with Crippen LogP contribution in [-0.2, 0) is 21.4 Å². The zero-order valence-corrected chi connectivity index (χ0v) is 18.8. The fourth-order valence-electron chi connectivity index (χ4n) is 3.36. The molecule has 0 saturated heterocycles. The second kappa shape index (κ2) is 9.86. The molecule has 1 saturated carbocycles. The van der Waals surface area contributed by atoms with Crippen molar-refractivity contribution in [1.82, 2.24) is 24.7 Å². The molecule has 0 radical (unpaired) electrons. The van der Waals surface area contributed by atoms with Crippen molar-refractivity contribution in [3.05, 3.63) is 29.6 Å². The van der Waals surface area contributed by atoms with Gasteiger partial charge < -0.3 is 9.47 Å². The van der Waals surface area contributed by atoms with Crippen LogP contribution in [0.15, 0.2) is 12.4 Å². The SMILES string of the molecule is COCCCCc1nnc(NSC(C)C(OC)c2cnc(C)cn2)n1C1(C)CC1. The molecule has 2 aromatic rings. The molecule has 0 amide bonds. The van der Waals surface area contributed by atoms with Gasteiger partial charge in [-0.3, -0.25) is 19.3 Å². The summed E-state index contributed by atoms with van der Waals surface area (Å²) in [5, 5.41) is 9.03. The molecule has 8 nitrogen and oxygen atoms in total. The van der Waals surface area contributed by atoms with E-state index in [0.717, 1.165) is 61.9 Å².